The molecular weight excluding hydrogens is 1320 g/mol. The van der Waals surface area contributed by atoms with Crippen LogP contribution in [-0.4, -0.2) is 211 Å². The van der Waals surface area contributed by atoms with E-state index in [0.29, 0.717) is 78.3 Å². The van der Waals surface area contributed by atoms with Crippen molar-refractivity contribution in [3.05, 3.63) is 35.9 Å². The molecule has 96 heavy (non-hydrogen) atoms. The highest BCUT2D eigenvalue weighted by Gasteiger charge is 2.35. The Hall–Kier alpha value is -5.73. The van der Waals surface area contributed by atoms with E-state index in [2.05, 4.69) is 44.2 Å². The first-order valence-electron chi connectivity index (χ1n) is 32.4. The Morgan fingerprint density at radius 3 is 1.69 bits per heavy atom. The molecule has 0 aromatic heterocycles. The quantitative estimate of drug-likeness (QED) is 0.0147. The van der Waals surface area contributed by atoms with Crippen LogP contribution in [0, 0.1) is 17.8 Å². The second-order valence-electron chi connectivity index (χ2n) is 24.6. The Labute approximate surface area is 585 Å². The molecule has 0 heterocycles. The molecule has 0 saturated carbocycles. The molecule has 27 nitrogen and oxygen atoms in total. The normalized spacial score (nSPS) is 13.5. The average molecular weight is 1430 g/mol. The Morgan fingerprint density at radius 1 is 0.583 bits per heavy atom. The van der Waals surface area contributed by atoms with Crippen LogP contribution in [0.25, 0.3) is 0 Å². The first-order chi connectivity index (χ1) is 45.3. The van der Waals surface area contributed by atoms with Gasteiger partial charge in [-0.25, -0.2) is 0 Å². The van der Waals surface area contributed by atoms with Crippen molar-refractivity contribution in [1.82, 2.24) is 26.6 Å². The zero-order valence-electron chi connectivity index (χ0n) is 57.3. The van der Waals surface area contributed by atoms with E-state index in [4.69, 9.17) is 53.5 Å². The number of halogens is 1. The number of carboxylic acids is 1. The van der Waals surface area contributed by atoms with E-state index in [1.807, 2.05) is 55.4 Å². The maximum Gasteiger partial charge on any atom is 0.304 e. The predicted octanol–water partition coefficient (Wildman–Crippen LogP) is 3.18. The number of rotatable bonds is 54. The third-order valence-corrected chi connectivity index (χ3v) is 17.2. The number of primary amides is 1. The number of thiol groups is 1. The second kappa shape index (κ2) is 52.3. The first-order valence-corrected chi connectivity index (χ1v) is 35.6. The van der Waals surface area contributed by atoms with Crippen LogP contribution in [0.4, 0.5) is 0 Å². The lowest BCUT2D eigenvalue weighted by atomic mass is 9.90. The van der Waals surface area contributed by atoms with Crippen molar-refractivity contribution in [1.29, 1.82) is 0 Å². The van der Waals surface area contributed by atoms with Gasteiger partial charge < -0.3 is 73.6 Å². The van der Waals surface area contributed by atoms with Crippen LogP contribution in [0.3, 0.4) is 0 Å². The summed E-state index contributed by atoms with van der Waals surface area (Å²) < 4.78 is 19.7. The molecule has 0 unspecified atom stereocenters. The van der Waals surface area contributed by atoms with Crippen molar-refractivity contribution in [2.45, 2.75) is 179 Å². The van der Waals surface area contributed by atoms with E-state index in [9.17, 15) is 62.6 Å². The van der Waals surface area contributed by atoms with E-state index in [0.717, 1.165) is 5.56 Å². The van der Waals surface area contributed by atoms with Crippen molar-refractivity contribution in [2.75, 3.05) is 95.6 Å². The molecule has 31 heteroatoms. The fourth-order valence-electron chi connectivity index (χ4n) is 8.85. The molecule has 7 atom stereocenters. The summed E-state index contributed by atoms with van der Waals surface area (Å²) in [5.74, 6) is -11.5. The number of hydrogen-bond acceptors (Lipinski definition) is 21. The number of ether oxygens (including phenoxy) is 4. The molecule has 0 fully saturated rings. The third-order valence-electron chi connectivity index (χ3n) is 13.8. The Bertz CT molecular complexity index is 2580. The van der Waals surface area contributed by atoms with Gasteiger partial charge in [-0.05, 0) is 77.3 Å². The highest BCUT2D eigenvalue weighted by atomic mass is 35.5. The van der Waals surface area contributed by atoms with Crippen LogP contribution in [0.2, 0.25) is 0 Å². The molecule has 1 aromatic rings. The largest absolute Gasteiger partial charge is 0.481 e. The fourth-order valence-corrected chi connectivity index (χ4v) is 11.1. The van der Waals surface area contributed by atoms with Crippen LogP contribution in [0.1, 0.15) is 144 Å². The van der Waals surface area contributed by atoms with E-state index >= 15 is 0 Å². The van der Waals surface area contributed by atoms with E-state index in [-0.39, 0.29) is 97.8 Å². The minimum Gasteiger partial charge on any atom is -0.481 e. The molecule has 14 N–H and O–H groups in total. The van der Waals surface area contributed by atoms with E-state index < -0.39 is 137 Å². The van der Waals surface area contributed by atoms with Gasteiger partial charge in [-0.2, -0.15) is 36.2 Å². The van der Waals surface area contributed by atoms with Crippen LogP contribution in [0.5, 0.6) is 0 Å². The third kappa shape index (κ3) is 46.5. The molecule has 0 bridgehead atoms. The molecule has 0 aliphatic heterocycles. The molecule has 0 spiro atoms. The average Bonchev–Trinajstić information content (AvgIpc) is 1.06. The molecule has 0 saturated heterocycles. The van der Waals surface area contributed by atoms with Gasteiger partial charge >= 0.3 is 5.97 Å². The highest BCUT2D eigenvalue weighted by Crippen LogP contribution is 2.27. The number of carbonyl (C=O) groups excluding carboxylic acids is 11. The molecule has 546 valence electrons. The fraction of sp³-hybridized carbons (Fsp3) is 0.708. The number of guanidine groups is 1. The predicted molar refractivity (Wildman–Crippen MR) is 377 cm³/mol. The number of carboxylic acid groups (broad SMARTS) is 1. The highest BCUT2D eigenvalue weighted by molar-refractivity contribution is 8.00. The van der Waals surface area contributed by atoms with Gasteiger partial charge in [0.25, 0.3) is 0 Å². The second-order valence-corrected chi connectivity index (χ2v) is 28.9. The number of unbranched alkanes of at least 4 members (excludes halogenated alkanes) is 1. The Kier molecular flexibility index (Phi) is 49.2. The molecule has 0 radical (unpaired) electrons. The minimum atomic E-state index is -1.50. The number of Topliss-reactive ketones (excluding diaryl/α,β-unsaturated/α-hetero) is 5. The summed E-state index contributed by atoms with van der Waals surface area (Å²) in [6.07, 6.45) is 1.07. The molecule has 0 aliphatic rings. The van der Waals surface area contributed by atoms with Crippen LogP contribution in [0.15, 0.2) is 35.3 Å². The number of amides is 6. The van der Waals surface area contributed by atoms with Gasteiger partial charge in [0.05, 0.1) is 50.2 Å². The standard InChI is InChI=1S/C54H88ClN9O12S3.C11H21NO5/c1-8-76-23-15-20-43(66)40(31-77)62-49(73)36(24-34-16-10-9-11-17-34)27-45(68)41(32-78-53(2,3)4)63-50(74)37(28-47(70)71)25-38(65)30-60-48(72)35(18-14-22-59-52(57)58)26-44(67)42(33-79-54(5,6)7)64-51(75)39(19-12-13-21-56)61-46(69)29-55;1-2-15-6-7-16-5-3-4-10(13)8-17-9-11(12)14/h9-11,16-17,35-37,39-42,77H,8,12-15,18-33,56H2,1-7H3,(H,60,72)(H,61,69)(H,62,73)(H,63,74)(H,64,75)(H,70,71)(H4,57,58,59);2-9H2,1H3,(H2,12,14)/t35-,36-,37+,39+,40+,41+,42+;/m1./s1. The van der Waals surface area contributed by atoms with Crippen LogP contribution < -0.4 is 49.5 Å². The number of benzene rings is 1. The smallest absolute Gasteiger partial charge is 0.304 e. The number of alkyl halides is 1. The van der Waals surface area contributed by atoms with Gasteiger partial charge in [-0.15, -0.1) is 11.6 Å². The van der Waals surface area contributed by atoms with E-state index in [1.54, 1.807) is 30.3 Å². The summed E-state index contributed by atoms with van der Waals surface area (Å²) in [5.41, 5.74) is 22.3. The summed E-state index contributed by atoms with van der Waals surface area (Å²) in [4.78, 5) is 161. The molecular formula is C65H109ClN10O17S3. The summed E-state index contributed by atoms with van der Waals surface area (Å²) in [6, 6.07) is 4.64. The lowest BCUT2D eigenvalue weighted by molar-refractivity contribution is -0.142. The van der Waals surface area contributed by atoms with Gasteiger partial charge in [-0.1, -0.05) is 71.9 Å². The van der Waals surface area contributed by atoms with Crippen molar-refractivity contribution in [3.8, 4) is 0 Å². The number of carbonyl (C=O) groups is 12. The number of nitrogens with one attached hydrogen (secondary N) is 5. The zero-order chi connectivity index (χ0) is 72.7. The zero-order valence-corrected chi connectivity index (χ0v) is 60.6. The van der Waals surface area contributed by atoms with Crippen LogP contribution in [-0.2, 0) is 82.9 Å². The Morgan fingerprint density at radius 2 is 1.14 bits per heavy atom. The maximum absolute atomic E-state index is 14.4. The van der Waals surface area contributed by atoms with Gasteiger partial charge in [0.1, 0.15) is 25.1 Å². The van der Waals surface area contributed by atoms with Gasteiger partial charge in [0.15, 0.2) is 34.9 Å². The summed E-state index contributed by atoms with van der Waals surface area (Å²) in [7, 11) is 0. The van der Waals surface area contributed by atoms with Gasteiger partial charge in [0, 0.05) is 104 Å². The van der Waals surface area contributed by atoms with Gasteiger partial charge in [0.2, 0.25) is 35.4 Å². The summed E-state index contributed by atoms with van der Waals surface area (Å²) in [6.45, 7) is 17.9. The van der Waals surface area contributed by atoms with Crippen LogP contribution >= 0.6 is 47.8 Å². The molecule has 1 rings (SSSR count). The Balaban J connectivity index is 0.00000461. The number of aliphatic carboxylic acids is 1. The van der Waals surface area contributed by atoms with E-state index in [1.165, 1.54) is 23.5 Å². The number of thioether (sulfide) groups is 2. The molecule has 0 aliphatic carbocycles. The molecule has 6 amide bonds. The van der Waals surface area contributed by atoms with Crippen molar-refractivity contribution in [3.63, 3.8) is 0 Å². The van der Waals surface area contributed by atoms with Crippen molar-refractivity contribution in [2.24, 2.45) is 45.7 Å². The number of aliphatic imine (C=N–C) groups is 1. The van der Waals surface area contributed by atoms with Crippen molar-refractivity contribution >= 4 is 124 Å². The lowest BCUT2D eigenvalue weighted by Crippen LogP contribution is -2.53. The van der Waals surface area contributed by atoms with Gasteiger partial charge in [-0.3, -0.25) is 62.5 Å². The molecule has 1 aromatic carbocycles. The SMILES string of the molecule is CCOCCCC(=O)[C@H](CS)NC(=O)[C@@H](CC(=O)[C@H](CSC(C)(C)C)NC(=O)[C@H](CC(=O)O)CC(=O)CNC(=O)[C@H](CCCN=C(N)N)CC(=O)[C@H](CSC(C)(C)C)NC(=O)[C@H](CCCCN)NC(=O)CCl)Cc1ccccc1.CCOCCOCCCC(=O)COCC(N)=O. The number of nitrogens with two attached hydrogens (primary N) is 4. The number of ketones is 5. The topological polar surface area (TPSA) is 439 Å². The number of nitrogens with zero attached hydrogens (tertiary/aromatic N) is 1. The summed E-state index contributed by atoms with van der Waals surface area (Å²) >= 11 is 12.8. The monoisotopic (exact) mass is 1430 g/mol. The minimum absolute atomic E-state index is 0.0101. The summed E-state index contributed by atoms with van der Waals surface area (Å²) in [5, 5.41) is 23.3. The first kappa shape index (κ1) is 90.3. The lowest BCUT2D eigenvalue weighted by Gasteiger charge is -2.27. The number of hydrogen-bond donors (Lipinski definition) is 11. The van der Waals surface area contributed by atoms with Crippen molar-refractivity contribution < 1.29 is 81.6 Å². The maximum atomic E-state index is 14.4.